The average Bonchev–Trinajstić information content (AvgIpc) is 3.35. The molecule has 4 rings (SSSR count). The zero-order valence-electron chi connectivity index (χ0n) is 20.1. The number of piperazine rings is 1. The van der Waals surface area contributed by atoms with Gasteiger partial charge in [-0.3, -0.25) is 14.6 Å². The molecule has 0 spiro atoms. The van der Waals surface area contributed by atoms with Crippen LogP contribution in [-0.2, 0) is 4.79 Å². The summed E-state index contributed by atoms with van der Waals surface area (Å²) >= 11 is 0. The molecule has 37 heavy (non-hydrogen) atoms. The van der Waals surface area contributed by atoms with Crippen molar-refractivity contribution < 1.29 is 14.0 Å². The number of guanidine groups is 1. The number of carbonyl (C=O) groups is 2. The number of Topliss-reactive ketones (excluding diaryl/α,β-unsaturated/α-hetero) is 1. The van der Waals surface area contributed by atoms with Crippen LogP contribution >= 0.6 is 0 Å². The number of aromatic amines is 1. The van der Waals surface area contributed by atoms with E-state index in [1.807, 2.05) is 35.2 Å². The first-order valence-electron chi connectivity index (χ1n) is 11.3. The molecule has 0 radical (unpaired) electrons. The monoisotopic (exact) mass is 509 g/mol. The molecular formula is C23H28FN11O2. The van der Waals surface area contributed by atoms with Crippen molar-refractivity contribution in [2.45, 2.75) is 13.0 Å². The molecule has 1 aliphatic heterocycles. The van der Waals surface area contributed by atoms with E-state index in [0.717, 1.165) is 11.2 Å². The minimum Gasteiger partial charge on any atom is -0.403 e. The topological polar surface area (TPSA) is 192 Å². The highest BCUT2D eigenvalue weighted by molar-refractivity contribution is 6.45. The number of carbonyl (C=O) groups excluding carboxylic acids is 2. The summed E-state index contributed by atoms with van der Waals surface area (Å²) in [4.78, 5) is 36.5. The van der Waals surface area contributed by atoms with Crippen molar-refractivity contribution in [2.75, 3.05) is 29.7 Å². The molecule has 13 nitrogen and oxygen atoms in total. The van der Waals surface area contributed by atoms with Gasteiger partial charge in [0.15, 0.2) is 11.6 Å². The maximum atomic E-state index is 14.7. The molecule has 1 fully saturated rings. The van der Waals surface area contributed by atoms with Crippen LogP contribution in [-0.4, -0.2) is 63.1 Å². The Hall–Kier alpha value is -4.69. The van der Waals surface area contributed by atoms with Gasteiger partial charge in [-0.05, 0) is 19.1 Å². The van der Waals surface area contributed by atoms with Crippen LogP contribution in [0.15, 0.2) is 60.2 Å². The maximum absolute atomic E-state index is 14.7. The van der Waals surface area contributed by atoms with E-state index in [1.165, 1.54) is 28.5 Å². The summed E-state index contributed by atoms with van der Waals surface area (Å²) in [5.41, 5.74) is 6.08. The quantitative estimate of drug-likeness (QED) is 0.0789. The van der Waals surface area contributed by atoms with Gasteiger partial charge < -0.3 is 26.4 Å². The number of hydrogen-bond donors (Lipinski definition) is 5. The summed E-state index contributed by atoms with van der Waals surface area (Å²) in [5, 5.41) is 6.18. The third-order valence-corrected chi connectivity index (χ3v) is 6.11. The molecule has 14 heteroatoms. The second-order valence-electron chi connectivity index (χ2n) is 8.39. The van der Waals surface area contributed by atoms with Crippen molar-refractivity contribution in [2.24, 2.45) is 28.4 Å². The molecule has 0 saturated carbocycles. The van der Waals surface area contributed by atoms with Gasteiger partial charge in [-0.15, -0.1) is 5.10 Å². The van der Waals surface area contributed by atoms with E-state index in [0.29, 0.717) is 24.7 Å². The first-order valence-corrected chi connectivity index (χ1v) is 11.3. The number of H-pyrrole nitrogens is 1. The predicted octanol–water partition coefficient (Wildman–Crippen LogP) is 0.137. The van der Waals surface area contributed by atoms with Crippen LogP contribution in [0.5, 0.6) is 0 Å². The van der Waals surface area contributed by atoms with E-state index >= 15 is 0 Å². The molecule has 3 heterocycles. The number of fused-ring (bicyclic) bond motifs is 1. The second-order valence-corrected chi connectivity index (χ2v) is 8.39. The lowest BCUT2D eigenvalue weighted by Crippen LogP contribution is -2.60. The fourth-order valence-corrected chi connectivity index (χ4v) is 4.32. The van der Waals surface area contributed by atoms with Gasteiger partial charge in [0.05, 0.1) is 28.4 Å². The van der Waals surface area contributed by atoms with Gasteiger partial charge in [0.25, 0.3) is 11.7 Å². The number of halogens is 1. The molecule has 0 aliphatic carbocycles. The largest absolute Gasteiger partial charge is 0.403 e. The predicted molar refractivity (Wildman–Crippen MR) is 138 cm³/mol. The van der Waals surface area contributed by atoms with E-state index in [4.69, 9.17) is 23.3 Å². The van der Waals surface area contributed by atoms with Crippen molar-refractivity contribution >= 4 is 40.1 Å². The Kier molecular flexibility index (Phi) is 7.22. The van der Waals surface area contributed by atoms with Crippen molar-refractivity contribution in [3.63, 3.8) is 0 Å². The lowest BCUT2D eigenvalue weighted by Gasteiger charge is -2.42. The van der Waals surface area contributed by atoms with Crippen LogP contribution in [0.1, 0.15) is 17.3 Å². The number of hydrazine groups is 2. The Bertz CT molecular complexity index is 1360. The van der Waals surface area contributed by atoms with E-state index in [-0.39, 0.29) is 28.8 Å². The number of anilines is 2. The Labute approximate surface area is 211 Å². The molecule has 2 aromatic heterocycles. The zero-order chi connectivity index (χ0) is 26.7. The molecule has 0 unspecified atom stereocenters. The number of nitrogens with two attached hydrogens (primary N) is 4. The number of rotatable bonds is 5. The molecule has 1 amide bonds. The maximum Gasteiger partial charge on any atom is 0.295 e. The van der Waals surface area contributed by atoms with Gasteiger partial charge in [0.1, 0.15) is 0 Å². The Balaban J connectivity index is 1.53. The van der Waals surface area contributed by atoms with Gasteiger partial charge in [-0.25, -0.2) is 26.1 Å². The average molecular weight is 510 g/mol. The standard InChI is InChI=1S/C23H28FN11O2/c1-14-13-32(23(31-26)35(28)15-5-3-2-4-6-15)9-10-33(14)22(37)20(36)16-11-29-19-18(16)17(24)12-30-21(19)34(27)8-7-25/h2-8,11-12,14,29H,9-10,13,25-28H2,1H3/b8-7-,31-23-/t14-/m1/s1. The first kappa shape index (κ1) is 25.4. The fraction of sp³-hybridized carbons (Fsp3) is 0.217. The Morgan fingerprint density at radius 2 is 1.97 bits per heavy atom. The first-order chi connectivity index (χ1) is 17.8. The van der Waals surface area contributed by atoms with E-state index in [9.17, 15) is 14.0 Å². The number of amides is 1. The number of aromatic nitrogens is 2. The van der Waals surface area contributed by atoms with Gasteiger partial charge in [-0.1, -0.05) is 18.2 Å². The zero-order valence-corrected chi connectivity index (χ0v) is 20.1. The second kappa shape index (κ2) is 10.5. The Morgan fingerprint density at radius 1 is 1.24 bits per heavy atom. The number of para-hydroxylation sites is 1. The highest BCUT2D eigenvalue weighted by Crippen LogP contribution is 2.29. The van der Waals surface area contributed by atoms with Gasteiger partial charge in [-0.2, -0.15) is 0 Å². The number of nitrogens with one attached hydrogen (secondary N) is 1. The van der Waals surface area contributed by atoms with Crippen LogP contribution in [0, 0.1) is 5.82 Å². The van der Waals surface area contributed by atoms with Crippen molar-refractivity contribution in [1.82, 2.24) is 19.8 Å². The number of benzene rings is 1. The van der Waals surface area contributed by atoms with Crippen molar-refractivity contribution in [1.29, 1.82) is 0 Å². The number of ketones is 1. The summed E-state index contributed by atoms with van der Waals surface area (Å²) in [7, 11) is 0. The SMILES string of the molecule is C[C@@H]1CN(/C(=N/N)N(N)c2ccccc2)CCN1C(=O)C(=O)c1c[nH]c2c(N(N)/C=C\N)ncc(F)c12. The Morgan fingerprint density at radius 3 is 2.62 bits per heavy atom. The van der Waals surface area contributed by atoms with Gasteiger partial charge in [0.2, 0.25) is 5.96 Å². The smallest absolute Gasteiger partial charge is 0.295 e. The molecule has 194 valence electrons. The number of hydrazone groups is 1. The molecule has 1 aliphatic rings. The minimum absolute atomic E-state index is 0.0882. The summed E-state index contributed by atoms with van der Waals surface area (Å²) in [6.45, 7) is 2.63. The minimum atomic E-state index is -0.863. The molecule has 1 aromatic carbocycles. The third-order valence-electron chi connectivity index (χ3n) is 6.11. The third kappa shape index (κ3) is 4.74. The fourth-order valence-electron chi connectivity index (χ4n) is 4.32. The van der Waals surface area contributed by atoms with Gasteiger partial charge in [0, 0.05) is 44.3 Å². The van der Waals surface area contributed by atoms with Crippen LogP contribution in [0.3, 0.4) is 0 Å². The van der Waals surface area contributed by atoms with Gasteiger partial charge >= 0.3 is 0 Å². The summed E-state index contributed by atoms with van der Waals surface area (Å²) in [6.07, 6.45) is 4.69. The molecule has 1 atom stereocenters. The van der Waals surface area contributed by atoms with Crippen LogP contribution in [0.4, 0.5) is 15.9 Å². The number of nitrogens with zero attached hydrogens (tertiary/aromatic N) is 6. The summed E-state index contributed by atoms with van der Waals surface area (Å²) < 4.78 is 14.7. The molecule has 0 bridgehead atoms. The van der Waals surface area contributed by atoms with E-state index < -0.39 is 23.5 Å². The van der Waals surface area contributed by atoms with E-state index in [1.54, 1.807) is 6.92 Å². The molecule has 9 N–H and O–H groups in total. The molecule has 1 saturated heterocycles. The molecule has 3 aromatic rings. The number of hydrogen-bond acceptors (Lipinski definition) is 9. The highest BCUT2D eigenvalue weighted by Gasteiger charge is 2.35. The van der Waals surface area contributed by atoms with Crippen molar-refractivity contribution in [3.05, 3.63) is 66.5 Å². The van der Waals surface area contributed by atoms with Crippen molar-refractivity contribution in [3.8, 4) is 0 Å². The van der Waals surface area contributed by atoms with Crippen LogP contribution < -0.4 is 33.3 Å². The highest BCUT2D eigenvalue weighted by atomic mass is 19.1. The lowest BCUT2D eigenvalue weighted by atomic mass is 10.1. The normalized spacial score (nSPS) is 16.4. The molecular weight excluding hydrogens is 481 g/mol. The van der Waals surface area contributed by atoms with Crippen LogP contribution in [0.2, 0.25) is 0 Å². The lowest BCUT2D eigenvalue weighted by molar-refractivity contribution is -0.130. The summed E-state index contributed by atoms with van der Waals surface area (Å²) in [6, 6.07) is 8.75. The number of pyridine rings is 1. The van der Waals surface area contributed by atoms with Crippen LogP contribution in [0.25, 0.3) is 10.9 Å². The van der Waals surface area contributed by atoms with E-state index in [2.05, 4.69) is 15.1 Å². The summed E-state index contributed by atoms with van der Waals surface area (Å²) in [5.74, 6) is 15.8.